The lowest BCUT2D eigenvalue weighted by molar-refractivity contribution is -0.121. The number of benzene rings is 1. The summed E-state index contributed by atoms with van der Waals surface area (Å²) in [6.07, 6.45) is 1.77. The van der Waals surface area contributed by atoms with Gasteiger partial charge < -0.3 is 4.42 Å². The van der Waals surface area contributed by atoms with E-state index in [1.54, 1.807) is 13.1 Å². The molecule has 3 rings (SSSR count). The molecule has 1 aromatic heterocycles. The van der Waals surface area contributed by atoms with Crippen LogP contribution in [0.1, 0.15) is 56.4 Å². The third kappa shape index (κ3) is 3.79. The van der Waals surface area contributed by atoms with Crippen LogP contribution in [0.2, 0.25) is 0 Å². The first-order valence-corrected chi connectivity index (χ1v) is 9.95. The summed E-state index contributed by atoms with van der Waals surface area (Å²) in [6.45, 7) is 8.79. The van der Waals surface area contributed by atoms with Crippen molar-refractivity contribution in [1.82, 2.24) is 4.90 Å². The fraction of sp³-hybridized carbons (Fsp3) is 0.333. The zero-order valence-corrected chi connectivity index (χ0v) is 17.3. The van der Waals surface area contributed by atoms with Crippen LogP contribution in [0.3, 0.4) is 0 Å². The molecule has 1 saturated heterocycles. The number of nitrogens with zero attached hydrogens (tertiary/aromatic N) is 1. The van der Waals surface area contributed by atoms with E-state index in [2.05, 4.69) is 45.9 Å². The summed E-state index contributed by atoms with van der Waals surface area (Å²) in [6, 6.07) is 10.5. The second-order valence-electron chi connectivity index (χ2n) is 7.14. The zero-order valence-electron chi connectivity index (χ0n) is 15.7. The normalized spacial score (nSPS) is 16.6. The fourth-order valence-electron chi connectivity index (χ4n) is 2.75. The number of rotatable bonds is 4. The molecule has 136 valence electrons. The Balaban J connectivity index is 1.95. The highest BCUT2D eigenvalue weighted by atomic mass is 32.2. The van der Waals surface area contributed by atoms with E-state index in [9.17, 15) is 4.79 Å². The van der Waals surface area contributed by atoms with Crippen molar-refractivity contribution in [3.63, 3.8) is 0 Å². The third-order valence-electron chi connectivity index (χ3n) is 4.48. The van der Waals surface area contributed by atoms with Crippen LogP contribution < -0.4 is 0 Å². The molecular formula is C21H23NO2S2. The van der Waals surface area contributed by atoms with Crippen molar-refractivity contribution >= 4 is 40.3 Å². The van der Waals surface area contributed by atoms with Crippen molar-refractivity contribution in [2.75, 3.05) is 7.05 Å². The predicted molar refractivity (Wildman–Crippen MR) is 113 cm³/mol. The lowest BCUT2D eigenvalue weighted by Gasteiger charge is -2.13. The van der Waals surface area contributed by atoms with Crippen LogP contribution in [-0.2, 0) is 4.79 Å². The quantitative estimate of drug-likeness (QED) is 0.476. The summed E-state index contributed by atoms with van der Waals surface area (Å²) >= 11 is 6.47. The molecule has 1 aromatic carbocycles. The van der Waals surface area contributed by atoms with Crippen molar-refractivity contribution in [2.45, 2.75) is 39.5 Å². The standard InChI is InChI=1S/C21H23NO2S2/c1-12(2)14-8-15(13(3)4)10-16(9-14)18-7-6-17(24-18)11-19-20(23)22(5)21(25)26-19/h6-13H,1-5H3/b19-11+. The molecule has 0 radical (unpaired) electrons. The average molecular weight is 386 g/mol. The SMILES string of the molecule is CC(C)c1cc(-c2ccc(/C=C3/SC(=S)N(C)C3=O)o2)cc(C(C)C)c1. The zero-order chi connectivity index (χ0) is 19.0. The Morgan fingerprint density at radius 2 is 1.69 bits per heavy atom. The first-order chi connectivity index (χ1) is 12.3. The molecule has 1 aliphatic heterocycles. The average Bonchev–Trinajstić information content (AvgIpc) is 3.16. The molecule has 5 heteroatoms. The Morgan fingerprint density at radius 3 is 2.19 bits per heavy atom. The topological polar surface area (TPSA) is 33.5 Å². The van der Waals surface area contributed by atoms with E-state index in [0.717, 1.165) is 11.3 Å². The van der Waals surface area contributed by atoms with Gasteiger partial charge in [-0.3, -0.25) is 9.69 Å². The molecule has 26 heavy (non-hydrogen) atoms. The molecule has 1 fully saturated rings. The summed E-state index contributed by atoms with van der Waals surface area (Å²) in [4.78, 5) is 14.2. The van der Waals surface area contributed by atoms with Gasteiger partial charge in [-0.05, 0) is 47.2 Å². The van der Waals surface area contributed by atoms with E-state index in [-0.39, 0.29) is 5.91 Å². The Bertz CT molecular complexity index is 867. The Labute approximate surface area is 164 Å². The van der Waals surface area contributed by atoms with Gasteiger partial charge in [-0.1, -0.05) is 57.7 Å². The second-order valence-corrected chi connectivity index (χ2v) is 8.82. The summed E-state index contributed by atoms with van der Waals surface area (Å²) in [5, 5.41) is 0. The van der Waals surface area contributed by atoms with E-state index in [1.807, 2.05) is 12.1 Å². The molecule has 0 aliphatic carbocycles. The Kier molecular flexibility index (Phi) is 5.39. The molecule has 0 spiro atoms. The highest BCUT2D eigenvalue weighted by Crippen LogP contribution is 2.34. The monoisotopic (exact) mass is 385 g/mol. The molecule has 0 saturated carbocycles. The number of amides is 1. The molecule has 2 aromatic rings. The molecule has 1 amide bonds. The van der Waals surface area contributed by atoms with E-state index < -0.39 is 0 Å². The van der Waals surface area contributed by atoms with E-state index in [1.165, 1.54) is 27.8 Å². The minimum atomic E-state index is -0.0816. The number of furan rings is 1. The number of likely N-dealkylation sites (N-methyl/N-ethyl adjacent to an activating group) is 1. The molecule has 0 bridgehead atoms. The minimum absolute atomic E-state index is 0.0816. The van der Waals surface area contributed by atoms with Gasteiger partial charge in [0.05, 0.1) is 4.91 Å². The smallest absolute Gasteiger partial charge is 0.266 e. The van der Waals surface area contributed by atoms with Crippen molar-refractivity contribution in [3.8, 4) is 11.3 Å². The molecule has 2 heterocycles. The maximum absolute atomic E-state index is 12.1. The van der Waals surface area contributed by atoms with Gasteiger partial charge >= 0.3 is 0 Å². The first-order valence-electron chi connectivity index (χ1n) is 8.73. The van der Waals surface area contributed by atoms with Crippen LogP contribution in [0, 0.1) is 0 Å². The summed E-state index contributed by atoms with van der Waals surface area (Å²) in [7, 11) is 1.69. The fourth-order valence-corrected chi connectivity index (χ4v) is 3.91. The number of carbonyl (C=O) groups is 1. The van der Waals surface area contributed by atoms with Gasteiger partial charge in [-0.2, -0.15) is 0 Å². The lowest BCUT2D eigenvalue weighted by atomic mass is 9.92. The highest BCUT2D eigenvalue weighted by molar-refractivity contribution is 8.26. The van der Waals surface area contributed by atoms with Gasteiger partial charge in [0.15, 0.2) is 0 Å². The van der Waals surface area contributed by atoms with Gasteiger partial charge in [-0.25, -0.2) is 0 Å². The minimum Gasteiger partial charge on any atom is -0.457 e. The second kappa shape index (κ2) is 7.41. The van der Waals surface area contributed by atoms with Gasteiger partial charge in [-0.15, -0.1) is 0 Å². The molecular weight excluding hydrogens is 362 g/mol. The van der Waals surface area contributed by atoms with Crippen molar-refractivity contribution in [1.29, 1.82) is 0 Å². The van der Waals surface area contributed by atoms with Crippen molar-refractivity contribution < 1.29 is 9.21 Å². The predicted octanol–water partition coefficient (Wildman–Crippen LogP) is 6.02. The van der Waals surface area contributed by atoms with E-state index >= 15 is 0 Å². The first kappa shape index (κ1) is 18.9. The number of hydrogen-bond acceptors (Lipinski definition) is 4. The largest absolute Gasteiger partial charge is 0.457 e. The summed E-state index contributed by atoms with van der Waals surface area (Å²) < 4.78 is 6.58. The van der Waals surface area contributed by atoms with Gasteiger partial charge in [0.25, 0.3) is 5.91 Å². The molecule has 0 atom stereocenters. The number of hydrogen-bond donors (Lipinski definition) is 0. The van der Waals surface area contributed by atoms with Crippen LogP contribution in [0.25, 0.3) is 17.4 Å². The highest BCUT2D eigenvalue weighted by Gasteiger charge is 2.29. The van der Waals surface area contributed by atoms with Crippen LogP contribution in [0.15, 0.2) is 39.7 Å². The number of thiocarbonyl (C=S) groups is 1. The lowest BCUT2D eigenvalue weighted by Crippen LogP contribution is -2.22. The molecule has 3 nitrogen and oxygen atoms in total. The summed E-state index contributed by atoms with van der Waals surface area (Å²) in [5.41, 5.74) is 3.68. The Hall–Kier alpha value is -1.85. The van der Waals surface area contributed by atoms with Gasteiger partial charge in [0, 0.05) is 18.7 Å². The Morgan fingerprint density at radius 1 is 1.08 bits per heavy atom. The molecule has 0 N–H and O–H groups in total. The molecule has 1 aliphatic rings. The van der Waals surface area contributed by atoms with Gasteiger partial charge in [0.2, 0.25) is 0 Å². The van der Waals surface area contributed by atoms with Crippen LogP contribution in [0.4, 0.5) is 0 Å². The molecule has 0 unspecified atom stereocenters. The number of thioether (sulfide) groups is 1. The van der Waals surface area contributed by atoms with Crippen molar-refractivity contribution in [3.05, 3.63) is 52.1 Å². The summed E-state index contributed by atoms with van der Waals surface area (Å²) in [5.74, 6) is 2.30. The maximum atomic E-state index is 12.1. The number of carbonyl (C=O) groups excluding carboxylic acids is 1. The van der Waals surface area contributed by atoms with Crippen LogP contribution >= 0.6 is 24.0 Å². The van der Waals surface area contributed by atoms with Crippen molar-refractivity contribution in [2.24, 2.45) is 0 Å². The van der Waals surface area contributed by atoms with E-state index in [4.69, 9.17) is 16.6 Å². The van der Waals surface area contributed by atoms with Crippen LogP contribution in [0.5, 0.6) is 0 Å². The van der Waals surface area contributed by atoms with Crippen LogP contribution in [-0.4, -0.2) is 22.2 Å². The van der Waals surface area contributed by atoms with Gasteiger partial charge in [0.1, 0.15) is 15.8 Å². The van der Waals surface area contributed by atoms with E-state index in [0.29, 0.717) is 26.8 Å². The maximum Gasteiger partial charge on any atom is 0.266 e. The third-order valence-corrected chi connectivity index (χ3v) is 5.97.